The topological polar surface area (TPSA) is 78.1 Å². The fourth-order valence-electron chi connectivity index (χ4n) is 3.85. The zero-order valence-corrected chi connectivity index (χ0v) is 11.8. The molecule has 0 bridgehead atoms. The minimum absolute atomic E-state index is 0.381. The van der Waals surface area contributed by atoms with Crippen molar-refractivity contribution in [3.05, 3.63) is 23.5 Å². The summed E-state index contributed by atoms with van der Waals surface area (Å²) in [6.45, 7) is 3.85. The van der Waals surface area contributed by atoms with E-state index in [1.807, 2.05) is 19.9 Å². The van der Waals surface area contributed by atoms with Crippen molar-refractivity contribution in [1.29, 1.82) is 0 Å². The van der Waals surface area contributed by atoms with Crippen molar-refractivity contribution in [3.63, 3.8) is 0 Å². The molecule has 4 atom stereocenters. The second-order valence-electron chi connectivity index (χ2n) is 6.27. The third-order valence-electron chi connectivity index (χ3n) is 4.95. The minimum atomic E-state index is 0.381. The highest BCUT2D eigenvalue weighted by molar-refractivity contribution is 5.57. The standard InChI is InChI=1S/C15H19N3O2/c1-7-3-11(8(2)19-7)14-17-15(20-18-14)10-4-9-6-13(16)12(9)5-10/h3,9-10,12-13H,4-6,16H2,1-2H3/t9-,10?,12-,13+/m1/s1. The summed E-state index contributed by atoms with van der Waals surface area (Å²) in [7, 11) is 0. The van der Waals surface area contributed by atoms with Crippen LogP contribution in [-0.2, 0) is 0 Å². The predicted molar refractivity (Wildman–Crippen MR) is 73.0 cm³/mol. The third-order valence-corrected chi connectivity index (χ3v) is 4.95. The maximum atomic E-state index is 6.04. The van der Waals surface area contributed by atoms with Crippen molar-refractivity contribution in [2.24, 2.45) is 17.6 Å². The van der Waals surface area contributed by atoms with E-state index in [0.29, 0.717) is 23.7 Å². The lowest BCUT2D eigenvalue weighted by Gasteiger charge is -2.37. The van der Waals surface area contributed by atoms with Gasteiger partial charge in [0.15, 0.2) is 0 Å². The zero-order valence-electron chi connectivity index (χ0n) is 11.8. The Balaban J connectivity index is 1.58. The Morgan fingerprint density at radius 2 is 2.10 bits per heavy atom. The number of hydrogen-bond donors (Lipinski definition) is 1. The number of nitrogens with zero attached hydrogens (tertiary/aromatic N) is 2. The van der Waals surface area contributed by atoms with E-state index < -0.39 is 0 Å². The molecule has 106 valence electrons. The number of hydrogen-bond acceptors (Lipinski definition) is 5. The number of nitrogens with two attached hydrogens (primary N) is 1. The van der Waals surface area contributed by atoms with Crippen molar-refractivity contribution in [2.75, 3.05) is 0 Å². The second-order valence-corrected chi connectivity index (χ2v) is 6.27. The average molecular weight is 273 g/mol. The van der Waals surface area contributed by atoms with Gasteiger partial charge in [0, 0.05) is 12.0 Å². The first-order chi connectivity index (χ1) is 9.61. The van der Waals surface area contributed by atoms with Crippen LogP contribution in [0.2, 0.25) is 0 Å². The summed E-state index contributed by atoms with van der Waals surface area (Å²) in [6.07, 6.45) is 3.39. The predicted octanol–water partition coefficient (Wildman–Crippen LogP) is 2.79. The van der Waals surface area contributed by atoms with Crippen LogP contribution in [0.15, 0.2) is 15.0 Å². The maximum Gasteiger partial charge on any atom is 0.230 e. The number of furan rings is 1. The van der Waals surface area contributed by atoms with Crippen LogP contribution in [0.25, 0.3) is 11.4 Å². The molecule has 0 saturated heterocycles. The van der Waals surface area contributed by atoms with Crippen LogP contribution in [0.5, 0.6) is 0 Å². The Bertz CT molecular complexity index is 645. The Hall–Kier alpha value is -1.62. The van der Waals surface area contributed by atoms with Crippen LogP contribution in [0.4, 0.5) is 0 Å². The highest BCUT2D eigenvalue weighted by Gasteiger charge is 2.47. The van der Waals surface area contributed by atoms with Gasteiger partial charge in [0.05, 0.1) is 5.56 Å². The second kappa shape index (κ2) is 4.19. The van der Waals surface area contributed by atoms with Crippen molar-refractivity contribution in [1.82, 2.24) is 10.1 Å². The molecule has 2 aromatic rings. The van der Waals surface area contributed by atoms with Gasteiger partial charge in [-0.25, -0.2) is 0 Å². The van der Waals surface area contributed by atoms with Crippen molar-refractivity contribution in [3.8, 4) is 11.4 Å². The molecule has 2 saturated carbocycles. The van der Waals surface area contributed by atoms with Gasteiger partial charge in [0.2, 0.25) is 11.7 Å². The molecule has 0 amide bonds. The first kappa shape index (κ1) is 12.1. The molecule has 1 unspecified atom stereocenters. The van der Waals surface area contributed by atoms with E-state index in [1.54, 1.807) is 0 Å². The van der Waals surface area contributed by atoms with Crippen LogP contribution in [0.3, 0.4) is 0 Å². The lowest BCUT2D eigenvalue weighted by Crippen LogP contribution is -2.44. The van der Waals surface area contributed by atoms with E-state index in [-0.39, 0.29) is 0 Å². The maximum absolute atomic E-state index is 6.04. The Labute approximate surface area is 117 Å². The molecule has 2 aromatic heterocycles. The fraction of sp³-hybridized carbons (Fsp3) is 0.600. The Kier molecular flexibility index (Phi) is 2.54. The Morgan fingerprint density at radius 3 is 2.75 bits per heavy atom. The smallest absolute Gasteiger partial charge is 0.230 e. The quantitative estimate of drug-likeness (QED) is 0.910. The molecule has 0 aliphatic heterocycles. The van der Waals surface area contributed by atoms with Gasteiger partial charge in [-0.15, -0.1) is 0 Å². The van der Waals surface area contributed by atoms with Gasteiger partial charge in [-0.1, -0.05) is 5.16 Å². The minimum Gasteiger partial charge on any atom is -0.466 e. The molecular weight excluding hydrogens is 254 g/mol. The summed E-state index contributed by atoms with van der Waals surface area (Å²) >= 11 is 0. The van der Waals surface area contributed by atoms with Crippen LogP contribution in [-0.4, -0.2) is 16.2 Å². The number of aromatic nitrogens is 2. The summed E-state index contributed by atoms with van der Waals surface area (Å²) in [6, 6.07) is 2.34. The Morgan fingerprint density at radius 1 is 1.25 bits per heavy atom. The van der Waals surface area contributed by atoms with E-state index in [9.17, 15) is 0 Å². The van der Waals surface area contributed by atoms with E-state index >= 15 is 0 Å². The summed E-state index contributed by atoms with van der Waals surface area (Å²) in [5, 5.41) is 4.12. The monoisotopic (exact) mass is 273 g/mol. The molecule has 5 nitrogen and oxygen atoms in total. The van der Waals surface area contributed by atoms with E-state index in [2.05, 4.69) is 10.1 Å². The lowest BCUT2D eigenvalue weighted by atomic mass is 9.72. The SMILES string of the molecule is Cc1cc(-c2noc(C3C[C@@H]4C[C@H](N)[C@@H]4C3)n2)c(C)o1. The van der Waals surface area contributed by atoms with Gasteiger partial charge in [-0.2, -0.15) is 4.98 Å². The molecule has 20 heavy (non-hydrogen) atoms. The van der Waals surface area contributed by atoms with Gasteiger partial charge < -0.3 is 14.7 Å². The molecule has 5 heteroatoms. The number of rotatable bonds is 2. The van der Waals surface area contributed by atoms with Crippen LogP contribution < -0.4 is 5.73 Å². The summed E-state index contributed by atoms with van der Waals surface area (Å²) in [4.78, 5) is 4.58. The van der Waals surface area contributed by atoms with Crippen LogP contribution >= 0.6 is 0 Å². The third kappa shape index (κ3) is 1.73. The molecule has 0 aromatic carbocycles. The lowest BCUT2D eigenvalue weighted by molar-refractivity contribution is 0.173. The summed E-state index contributed by atoms with van der Waals surface area (Å²) in [5.41, 5.74) is 6.97. The summed E-state index contributed by atoms with van der Waals surface area (Å²) < 4.78 is 11.0. The number of aryl methyl sites for hydroxylation is 2. The van der Waals surface area contributed by atoms with Gasteiger partial charge in [-0.05, 0) is 51.0 Å². The van der Waals surface area contributed by atoms with Crippen LogP contribution in [0, 0.1) is 25.7 Å². The molecule has 0 spiro atoms. The first-order valence-electron chi connectivity index (χ1n) is 7.28. The van der Waals surface area contributed by atoms with Gasteiger partial charge in [0.25, 0.3) is 0 Å². The van der Waals surface area contributed by atoms with Crippen molar-refractivity contribution < 1.29 is 8.94 Å². The van der Waals surface area contributed by atoms with E-state index in [0.717, 1.165) is 48.2 Å². The van der Waals surface area contributed by atoms with E-state index in [4.69, 9.17) is 14.7 Å². The summed E-state index contributed by atoms with van der Waals surface area (Å²) in [5.74, 6) is 4.92. The molecule has 2 N–H and O–H groups in total. The molecule has 2 aliphatic carbocycles. The molecule has 0 radical (unpaired) electrons. The van der Waals surface area contributed by atoms with Crippen molar-refractivity contribution >= 4 is 0 Å². The first-order valence-corrected chi connectivity index (χ1v) is 7.28. The molecule has 2 heterocycles. The molecular formula is C15H19N3O2. The number of fused-ring (bicyclic) bond motifs is 1. The molecule has 4 rings (SSSR count). The highest BCUT2D eigenvalue weighted by atomic mass is 16.5. The molecule has 2 fully saturated rings. The van der Waals surface area contributed by atoms with E-state index in [1.165, 1.54) is 0 Å². The largest absolute Gasteiger partial charge is 0.466 e. The highest BCUT2D eigenvalue weighted by Crippen LogP contribution is 2.52. The van der Waals surface area contributed by atoms with Gasteiger partial charge in [-0.3, -0.25) is 0 Å². The van der Waals surface area contributed by atoms with Crippen molar-refractivity contribution in [2.45, 2.75) is 45.1 Å². The van der Waals surface area contributed by atoms with Crippen LogP contribution in [0.1, 0.15) is 42.6 Å². The molecule has 2 aliphatic rings. The zero-order chi connectivity index (χ0) is 13.9. The van der Waals surface area contributed by atoms with Gasteiger partial charge in [0.1, 0.15) is 11.5 Å². The fourth-order valence-corrected chi connectivity index (χ4v) is 3.85. The normalized spacial score (nSPS) is 32.1. The van der Waals surface area contributed by atoms with Gasteiger partial charge >= 0.3 is 0 Å². The average Bonchev–Trinajstić information content (AvgIpc) is 3.06.